The maximum absolute atomic E-state index is 9.96. The molecule has 0 fully saturated rings. The second kappa shape index (κ2) is 3.05. The molecule has 0 atom stereocenters. The number of nitrogens with zero attached hydrogens (tertiary/aromatic N) is 4. The number of aromatic nitrogens is 4. The molecule has 2 rings (SSSR count). The third-order valence-electron chi connectivity index (χ3n) is 1.42. The van der Waals surface area contributed by atoms with E-state index in [-0.39, 0.29) is 0 Å². The molecule has 2 heterocycles. The Morgan fingerprint density at radius 1 is 1.46 bits per heavy atom. The molecule has 0 saturated carbocycles. The Morgan fingerprint density at radius 3 is 3.23 bits per heavy atom. The molecule has 0 aliphatic rings. The minimum atomic E-state index is 0.513. The van der Waals surface area contributed by atoms with Gasteiger partial charge in [0.25, 0.3) is 0 Å². The lowest BCUT2D eigenvalue weighted by atomic mass is 10.5. The lowest BCUT2D eigenvalue weighted by molar-refractivity contribution is -0.109. The first kappa shape index (κ1) is 7.47. The molecule has 0 aliphatic carbocycles. The maximum atomic E-state index is 9.96. The van der Waals surface area contributed by atoms with Gasteiger partial charge in [0.2, 0.25) is 6.41 Å². The minimum absolute atomic E-state index is 0.513. The number of amides is 1. The summed E-state index contributed by atoms with van der Waals surface area (Å²) in [5, 5.41) is 11.5. The Balaban J connectivity index is 2.31. The van der Waals surface area contributed by atoms with E-state index in [0.29, 0.717) is 17.9 Å². The van der Waals surface area contributed by atoms with Crippen molar-refractivity contribution in [2.24, 2.45) is 0 Å². The fraction of sp³-hybridized carbons (Fsp3) is 0. The molecular formula is C6H6N6O. The van der Waals surface area contributed by atoms with Crippen molar-refractivity contribution in [1.82, 2.24) is 25.2 Å². The molecule has 2 aromatic rings. The van der Waals surface area contributed by atoms with E-state index in [4.69, 9.17) is 0 Å². The van der Waals surface area contributed by atoms with Crippen LogP contribution in [0, 0.1) is 0 Å². The highest BCUT2D eigenvalue weighted by Gasteiger charge is 1.96. The van der Waals surface area contributed by atoms with E-state index in [1.54, 1.807) is 12.1 Å². The lowest BCUT2D eigenvalue weighted by Gasteiger charge is -2.01. The molecule has 2 N–H and O–H groups in total. The lowest BCUT2D eigenvalue weighted by Crippen LogP contribution is -2.20. The van der Waals surface area contributed by atoms with Gasteiger partial charge in [-0.25, -0.2) is 0 Å². The zero-order valence-electron chi connectivity index (χ0n) is 6.51. The molecule has 7 nitrogen and oxygen atoms in total. The summed E-state index contributed by atoms with van der Waals surface area (Å²) in [5.74, 6) is 0.513. The minimum Gasteiger partial charge on any atom is -0.281 e. The van der Waals surface area contributed by atoms with Crippen LogP contribution in [0.2, 0.25) is 0 Å². The molecule has 13 heavy (non-hydrogen) atoms. The summed E-state index contributed by atoms with van der Waals surface area (Å²) in [6.45, 7) is 0. The van der Waals surface area contributed by atoms with Crippen LogP contribution in [0.1, 0.15) is 0 Å². The number of anilines is 1. The van der Waals surface area contributed by atoms with Gasteiger partial charge in [-0.05, 0) is 12.1 Å². The van der Waals surface area contributed by atoms with Gasteiger partial charge in [0.15, 0.2) is 11.5 Å². The van der Waals surface area contributed by atoms with Crippen molar-refractivity contribution < 1.29 is 4.79 Å². The summed E-state index contributed by atoms with van der Waals surface area (Å²) in [5.41, 5.74) is 5.49. The monoisotopic (exact) mass is 178 g/mol. The molecule has 0 unspecified atom stereocenters. The van der Waals surface area contributed by atoms with Crippen molar-refractivity contribution in [2.45, 2.75) is 0 Å². The predicted molar refractivity (Wildman–Crippen MR) is 43.6 cm³/mol. The number of hydrogen-bond donors (Lipinski definition) is 2. The van der Waals surface area contributed by atoms with Crippen LogP contribution in [0.25, 0.3) is 5.65 Å². The third kappa shape index (κ3) is 1.39. The molecule has 0 bridgehead atoms. The van der Waals surface area contributed by atoms with E-state index in [9.17, 15) is 4.79 Å². The number of carbonyl (C=O) groups is 1. The number of hydrazine groups is 1. The maximum Gasteiger partial charge on any atom is 0.225 e. The van der Waals surface area contributed by atoms with Gasteiger partial charge in [-0.15, -0.1) is 15.3 Å². The predicted octanol–water partition coefficient (Wildman–Crippen LogP) is -0.803. The Hall–Kier alpha value is -2.18. The van der Waals surface area contributed by atoms with E-state index in [1.165, 1.54) is 10.8 Å². The number of rotatable bonds is 3. The van der Waals surface area contributed by atoms with Crippen LogP contribution in [0.3, 0.4) is 0 Å². The highest BCUT2D eigenvalue weighted by Crippen LogP contribution is 2.01. The Kier molecular flexibility index (Phi) is 1.75. The molecule has 1 amide bonds. The van der Waals surface area contributed by atoms with Crippen LogP contribution in [-0.4, -0.2) is 26.2 Å². The SMILES string of the molecule is O=CNNc1ccc2nncn2n1. The first-order chi connectivity index (χ1) is 6.40. The first-order valence-electron chi connectivity index (χ1n) is 3.52. The fourth-order valence-corrected chi connectivity index (χ4v) is 0.899. The van der Waals surface area contributed by atoms with Gasteiger partial charge in [-0.2, -0.15) is 4.52 Å². The van der Waals surface area contributed by atoms with E-state index in [0.717, 1.165) is 0 Å². The Bertz CT molecular complexity index is 424. The molecule has 0 aliphatic heterocycles. The molecule has 0 spiro atoms. The number of fused-ring (bicyclic) bond motifs is 1. The summed E-state index contributed by atoms with van der Waals surface area (Å²) in [6, 6.07) is 3.41. The summed E-state index contributed by atoms with van der Waals surface area (Å²) < 4.78 is 1.49. The largest absolute Gasteiger partial charge is 0.281 e. The van der Waals surface area contributed by atoms with E-state index in [1.807, 2.05) is 0 Å². The van der Waals surface area contributed by atoms with Crippen molar-refractivity contribution in [1.29, 1.82) is 0 Å². The van der Waals surface area contributed by atoms with E-state index < -0.39 is 0 Å². The summed E-state index contributed by atoms with van der Waals surface area (Å²) >= 11 is 0. The summed E-state index contributed by atoms with van der Waals surface area (Å²) in [6.07, 6.45) is 2.00. The van der Waals surface area contributed by atoms with Gasteiger partial charge in [0, 0.05) is 0 Å². The first-order valence-corrected chi connectivity index (χ1v) is 3.52. The van der Waals surface area contributed by atoms with Crippen molar-refractivity contribution in [2.75, 3.05) is 5.43 Å². The molecule has 0 saturated heterocycles. The van der Waals surface area contributed by atoms with E-state index >= 15 is 0 Å². The van der Waals surface area contributed by atoms with Crippen molar-refractivity contribution in [3.63, 3.8) is 0 Å². The van der Waals surface area contributed by atoms with Crippen LogP contribution >= 0.6 is 0 Å². The van der Waals surface area contributed by atoms with Gasteiger partial charge in [-0.1, -0.05) is 0 Å². The van der Waals surface area contributed by atoms with Crippen LogP contribution in [0.4, 0.5) is 5.82 Å². The van der Waals surface area contributed by atoms with Crippen LogP contribution in [0.5, 0.6) is 0 Å². The topological polar surface area (TPSA) is 84.2 Å². The van der Waals surface area contributed by atoms with Gasteiger partial charge in [-0.3, -0.25) is 15.6 Å². The number of nitrogens with one attached hydrogen (secondary N) is 2. The molecular weight excluding hydrogens is 172 g/mol. The zero-order valence-corrected chi connectivity index (χ0v) is 6.51. The standard InChI is InChI=1S/C6H6N6O/c13-4-8-9-5-1-2-6-10-7-3-12(6)11-5/h1-4H,(H,8,13)(H,9,11). The molecule has 66 valence electrons. The van der Waals surface area contributed by atoms with Crippen LogP contribution in [0.15, 0.2) is 18.5 Å². The van der Waals surface area contributed by atoms with Crippen molar-refractivity contribution in [3.05, 3.63) is 18.5 Å². The van der Waals surface area contributed by atoms with Gasteiger partial charge in [0.1, 0.15) is 6.33 Å². The summed E-state index contributed by atoms with van der Waals surface area (Å²) in [7, 11) is 0. The normalized spacial score (nSPS) is 9.85. The average molecular weight is 178 g/mol. The van der Waals surface area contributed by atoms with E-state index in [2.05, 4.69) is 26.1 Å². The second-order valence-electron chi connectivity index (χ2n) is 2.24. The molecule has 2 aromatic heterocycles. The van der Waals surface area contributed by atoms with Gasteiger partial charge in [0.05, 0.1) is 0 Å². The fourth-order valence-electron chi connectivity index (χ4n) is 0.899. The third-order valence-corrected chi connectivity index (χ3v) is 1.42. The number of hydrogen-bond acceptors (Lipinski definition) is 5. The Morgan fingerprint density at radius 2 is 2.38 bits per heavy atom. The molecule has 0 aromatic carbocycles. The average Bonchev–Trinajstić information content (AvgIpc) is 2.61. The van der Waals surface area contributed by atoms with Crippen LogP contribution < -0.4 is 10.9 Å². The van der Waals surface area contributed by atoms with Crippen molar-refractivity contribution >= 4 is 17.9 Å². The van der Waals surface area contributed by atoms with Gasteiger partial charge < -0.3 is 0 Å². The quantitative estimate of drug-likeness (QED) is 0.474. The second-order valence-corrected chi connectivity index (χ2v) is 2.24. The Labute approximate surface area is 72.7 Å². The highest BCUT2D eigenvalue weighted by molar-refractivity contribution is 5.51. The van der Waals surface area contributed by atoms with Crippen molar-refractivity contribution in [3.8, 4) is 0 Å². The zero-order chi connectivity index (χ0) is 9.10. The van der Waals surface area contributed by atoms with Gasteiger partial charge >= 0.3 is 0 Å². The molecule has 0 radical (unpaired) electrons. The highest BCUT2D eigenvalue weighted by atomic mass is 16.1. The number of carbonyl (C=O) groups excluding carboxylic acids is 1. The smallest absolute Gasteiger partial charge is 0.225 e. The van der Waals surface area contributed by atoms with Crippen LogP contribution in [-0.2, 0) is 4.79 Å². The summed E-state index contributed by atoms with van der Waals surface area (Å²) in [4.78, 5) is 9.96. The molecule has 7 heteroatoms.